The van der Waals surface area contributed by atoms with Gasteiger partial charge >= 0.3 is 0 Å². The third-order valence-electron chi connectivity index (χ3n) is 5.75. The highest BCUT2D eigenvalue weighted by atomic mass is 32.2. The van der Waals surface area contributed by atoms with Crippen LogP contribution in [0.3, 0.4) is 0 Å². The van der Waals surface area contributed by atoms with Crippen molar-refractivity contribution in [3.63, 3.8) is 0 Å². The van der Waals surface area contributed by atoms with Gasteiger partial charge in [0.15, 0.2) is 5.65 Å². The van der Waals surface area contributed by atoms with Crippen molar-refractivity contribution in [2.75, 3.05) is 29.0 Å². The highest BCUT2D eigenvalue weighted by Crippen LogP contribution is 2.29. The average molecular weight is 476 g/mol. The van der Waals surface area contributed by atoms with E-state index >= 15 is 0 Å². The lowest BCUT2D eigenvalue weighted by atomic mass is 10.1. The number of nitrogens with one attached hydrogen (secondary N) is 1. The van der Waals surface area contributed by atoms with Crippen LogP contribution in [0.1, 0.15) is 44.6 Å². The van der Waals surface area contributed by atoms with Gasteiger partial charge in [-0.15, -0.1) is 0 Å². The number of aliphatic hydroxyl groups excluding tert-OH is 2. The normalized spacial score (nSPS) is 16.5. The Balaban J connectivity index is 1.54. The molecule has 1 atom stereocenters. The topological polar surface area (TPSA) is 146 Å². The second-order valence-electron chi connectivity index (χ2n) is 8.37. The van der Waals surface area contributed by atoms with Gasteiger partial charge < -0.3 is 15.5 Å². The van der Waals surface area contributed by atoms with Crippen molar-refractivity contribution in [3.05, 3.63) is 30.7 Å². The van der Waals surface area contributed by atoms with Gasteiger partial charge in [-0.05, 0) is 25.0 Å². The highest BCUT2D eigenvalue weighted by molar-refractivity contribution is 7.92. The van der Waals surface area contributed by atoms with Crippen LogP contribution in [0.5, 0.6) is 0 Å². The van der Waals surface area contributed by atoms with Crippen LogP contribution in [0.4, 0.5) is 17.5 Å². The first-order valence-electron chi connectivity index (χ1n) is 11.0. The minimum absolute atomic E-state index is 0.137. The van der Waals surface area contributed by atoms with Gasteiger partial charge in [-0.25, -0.2) is 23.1 Å². The van der Waals surface area contributed by atoms with Gasteiger partial charge in [-0.1, -0.05) is 25.7 Å². The van der Waals surface area contributed by atoms with Crippen molar-refractivity contribution in [1.82, 2.24) is 24.7 Å². The summed E-state index contributed by atoms with van der Waals surface area (Å²) in [6.45, 7) is -0.844. The maximum atomic E-state index is 12.1. The molecule has 0 bridgehead atoms. The van der Waals surface area contributed by atoms with Gasteiger partial charge in [0, 0.05) is 6.20 Å². The summed E-state index contributed by atoms with van der Waals surface area (Å²) in [4.78, 5) is 13.2. The molecule has 178 valence electrons. The number of hydrogen-bond donors (Lipinski definition) is 3. The number of hydrogen-bond acceptors (Lipinski definition) is 9. The van der Waals surface area contributed by atoms with E-state index in [2.05, 4.69) is 25.4 Å². The summed E-state index contributed by atoms with van der Waals surface area (Å²) < 4.78 is 27.1. The van der Waals surface area contributed by atoms with Gasteiger partial charge in [0.25, 0.3) is 0 Å². The molecule has 0 saturated heterocycles. The fourth-order valence-corrected chi connectivity index (χ4v) is 4.94. The molecule has 1 unspecified atom stereocenters. The molecule has 0 amide bonds. The Labute approximate surface area is 192 Å². The number of pyridine rings is 1. The predicted octanol–water partition coefficient (Wildman–Crippen LogP) is 1.98. The second-order valence-corrected chi connectivity index (χ2v) is 10.3. The lowest BCUT2D eigenvalue weighted by molar-refractivity contribution is 0.102. The van der Waals surface area contributed by atoms with Crippen LogP contribution in [-0.2, 0) is 10.0 Å². The zero-order chi connectivity index (χ0) is 23.4. The number of nitrogens with zero attached hydrogens (tertiary/aromatic N) is 6. The molecular weight excluding hydrogens is 446 g/mol. The molecule has 1 aliphatic rings. The van der Waals surface area contributed by atoms with Crippen LogP contribution < -0.4 is 9.62 Å². The van der Waals surface area contributed by atoms with Crippen molar-refractivity contribution < 1.29 is 18.6 Å². The second kappa shape index (κ2) is 9.98. The molecule has 33 heavy (non-hydrogen) atoms. The van der Waals surface area contributed by atoms with Crippen LogP contribution in [0, 0.1) is 0 Å². The fourth-order valence-electron chi connectivity index (χ4n) is 4.05. The van der Waals surface area contributed by atoms with Gasteiger partial charge in [-0.3, -0.25) is 4.31 Å². The number of sulfonamides is 1. The quantitative estimate of drug-likeness (QED) is 0.416. The van der Waals surface area contributed by atoms with Crippen LogP contribution in [0.15, 0.2) is 30.7 Å². The summed E-state index contributed by atoms with van der Waals surface area (Å²) in [5, 5.41) is 27.3. The van der Waals surface area contributed by atoms with E-state index in [-0.39, 0.29) is 12.4 Å². The molecular formula is C21H29N7O4S. The SMILES string of the molecule is CS(=O)(=O)N(CC(O)CO)c1ccc(Nc2ncc3cnn(C4CCCCCC4)c3n2)cn1. The monoisotopic (exact) mass is 475 g/mol. The molecule has 0 spiro atoms. The summed E-state index contributed by atoms with van der Waals surface area (Å²) in [5.41, 5.74) is 1.36. The summed E-state index contributed by atoms with van der Waals surface area (Å²) in [5.74, 6) is 0.529. The van der Waals surface area contributed by atoms with E-state index in [0.717, 1.165) is 34.4 Å². The van der Waals surface area contributed by atoms with Gasteiger partial charge in [0.05, 0.1) is 55.0 Å². The van der Waals surface area contributed by atoms with Crippen molar-refractivity contribution in [3.8, 4) is 0 Å². The van der Waals surface area contributed by atoms with Crippen LogP contribution in [0.2, 0.25) is 0 Å². The first-order chi connectivity index (χ1) is 15.8. The molecule has 1 fully saturated rings. The zero-order valence-electron chi connectivity index (χ0n) is 18.5. The van der Waals surface area contributed by atoms with E-state index in [1.807, 2.05) is 4.68 Å². The highest BCUT2D eigenvalue weighted by Gasteiger charge is 2.22. The Morgan fingerprint density at radius 1 is 1.15 bits per heavy atom. The van der Waals surface area contributed by atoms with E-state index in [1.54, 1.807) is 18.5 Å². The third-order valence-corrected chi connectivity index (χ3v) is 6.89. The van der Waals surface area contributed by atoms with Crippen LogP contribution >= 0.6 is 0 Å². The number of aliphatic hydroxyl groups is 2. The molecule has 3 aromatic rings. The van der Waals surface area contributed by atoms with Crippen molar-refractivity contribution in [2.45, 2.75) is 50.7 Å². The maximum absolute atomic E-state index is 12.1. The zero-order valence-corrected chi connectivity index (χ0v) is 19.3. The molecule has 3 N–H and O–H groups in total. The number of rotatable bonds is 8. The molecule has 12 heteroatoms. The maximum Gasteiger partial charge on any atom is 0.233 e. The smallest absolute Gasteiger partial charge is 0.233 e. The van der Waals surface area contributed by atoms with Crippen molar-refractivity contribution >= 4 is 38.5 Å². The number of fused-ring (bicyclic) bond motifs is 1. The van der Waals surface area contributed by atoms with Crippen molar-refractivity contribution in [1.29, 1.82) is 0 Å². The van der Waals surface area contributed by atoms with Crippen LogP contribution in [0.25, 0.3) is 11.0 Å². The van der Waals surface area contributed by atoms with Crippen LogP contribution in [-0.4, -0.2) is 68.9 Å². The summed E-state index contributed by atoms with van der Waals surface area (Å²) in [6.07, 6.45) is 11.9. The average Bonchev–Trinajstić information content (AvgIpc) is 3.02. The van der Waals surface area contributed by atoms with Crippen molar-refractivity contribution in [2.24, 2.45) is 0 Å². The Morgan fingerprint density at radius 2 is 1.91 bits per heavy atom. The number of anilines is 3. The molecule has 0 aliphatic heterocycles. The molecule has 1 saturated carbocycles. The number of aromatic nitrogens is 5. The minimum atomic E-state index is -3.69. The van der Waals surface area contributed by atoms with Gasteiger partial charge in [0.1, 0.15) is 5.82 Å². The molecule has 4 rings (SSSR count). The summed E-state index contributed by atoms with van der Waals surface area (Å²) in [6, 6.07) is 3.51. The van der Waals surface area contributed by atoms with Gasteiger partial charge in [0.2, 0.25) is 16.0 Å². The lowest BCUT2D eigenvalue weighted by Gasteiger charge is -2.23. The Bertz CT molecular complexity index is 1180. The lowest BCUT2D eigenvalue weighted by Crippen LogP contribution is -2.38. The molecule has 0 aromatic carbocycles. The first-order valence-corrected chi connectivity index (χ1v) is 12.9. The molecule has 11 nitrogen and oxygen atoms in total. The Hall–Kier alpha value is -2.83. The molecule has 3 aromatic heterocycles. The predicted molar refractivity (Wildman–Crippen MR) is 125 cm³/mol. The largest absolute Gasteiger partial charge is 0.394 e. The van der Waals surface area contributed by atoms with E-state index in [4.69, 9.17) is 5.11 Å². The third kappa shape index (κ3) is 5.57. The summed E-state index contributed by atoms with van der Waals surface area (Å²) in [7, 11) is -3.69. The fraction of sp³-hybridized carbons (Fsp3) is 0.524. The minimum Gasteiger partial charge on any atom is -0.394 e. The standard InChI is InChI=1S/C21H29N7O4S/c1-33(31,32)27(13-18(30)14-29)19-9-8-16(12-22-19)25-21-23-10-15-11-24-28(20(15)26-21)17-6-4-2-3-5-7-17/h8-12,17-18,29-30H,2-7,13-14H2,1H3,(H,23,25,26). The van der Waals surface area contributed by atoms with Gasteiger partial charge in [-0.2, -0.15) is 10.1 Å². The van der Waals surface area contributed by atoms with E-state index in [9.17, 15) is 13.5 Å². The molecule has 0 radical (unpaired) electrons. The first kappa shape index (κ1) is 23.3. The Kier molecular flexibility index (Phi) is 7.05. The van der Waals surface area contributed by atoms with E-state index in [0.29, 0.717) is 17.7 Å². The van der Waals surface area contributed by atoms with E-state index in [1.165, 1.54) is 37.9 Å². The Morgan fingerprint density at radius 3 is 2.55 bits per heavy atom. The summed E-state index contributed by atoms with van der Waals surface area (Å²) >= 11 is 0. The molecule has 1 aliphatic carbocycles. The van der Waals surface area contributed by atoms with E-state index < -0.39 is 22.7 Å². The molecule has 3 heterocycles.